The minimum Gasteiger partial charge on any atom is -0.379 e. The summed E-state index contributed by atoms with van der Waals surface area (Å²) in [5, 5.41) is 2.94. The highest BCUT2D eigenvalue weighted by atomic mass is 32.2. The Bertz CT molecular complexity index is 508. The van der Waals surface area contributed by atoms with Crippen LogP contribution in [0.4, 0.5) is 0 Å². The normalized spacial score (nSPS) is 11.9. The van der Waals surface area contributed by atoms with Crippen LogP contribution in [0, 0.1) is 5.92 Å². The summed E-state index contributed by atoms with van der Waals surface area (Å²) < 4.78 is 11.1. The standard InChI is InChI=1S/C20H32N2O3S/c1-3-18-5-7-19(8-6-18)15-25-13-12-24-11-4-10-22-20(23)17(2)16-26-14-9-21/h3,5-8,17H,1,4,9-16,21H2,2H3,(H,22,23). The Labute approximate surface area is 161 Å². The molecule has 1 rings (SSSR count). The second-order valence-corrected chi connectivity index (χ2v) is 7.17. The lowest BCUT2D eigenvalue weighted by atomic mass is 10.1. The number of hydrogen-bond donors (Lipinski definition) is 2. The van der Waals surface area contributed by atoms with Crippen LogP contribution in [0.15, 0.2) is 30.8 Å². The van der Waals surface area contributed by atoms with Crippen molar-refractivity contribution >= 4 is 23.7 Å². The van der Waals surface area contributed by atoms with Gasteiger partial charge in [0, 0.05) is 37.1 Å². The van der Waals surface area contributed by atoms with E-state index in [0.717, 1.165) is 29.1 Å². The van der Waals surface area contributed by atoms with Gasteiger partial charge in [0.2, 0.25) is 5.91 Å². The molecular weight excluding hydrogens is 348 g/mol. The average Bonchev–Trinajstić information content (AvgIpc) is 2.67. The fourth-order valence-corrected chi connectivity index (χ4v) is 2.98. The van der Waals surface area contributed by atoms with Crippen molar-refractivity contribution in [3.8, 4) is 0 Å². The zero-order chi connectivity index (χ0) is 19.0. The van der Waals surface area contributed by atoms with E-state index in [0.29, 0.717) is 39.5 Å². The minimum atomic E-state index is 0.0152. The largest absolute Gasteiger partial charge is 0.379 e. The first-order valence-corrected chi connectivity index (χ1v) is 10.2. The number of ether oxygens (including phenoxy) is 2. The molecule has 3 N–H and O–H groups in total. The lowest BCUT2D eigenvalue weighted by Gasteiger charge is -2.11. The smallest absolute Gasteiger partial charge is 0.223 e. The number of nitrogens with two attached hydrogens (primary N) is 1. The van der Waals surface area contributed by atoms with Crippen LogP contribution in [0.25, 0.3) is 6.08 Å². The molecule has 0 saturated heterocycles. The van der Waals surface area contributed by atoms with E-state index in [1.54, 1.807) is 11.8 Å². The first-order chi connectivity index (χ1) is 12.7. The van der Waals surface area contributed by atoms with Crippen molar-refractivity contribution in [2.75, 3.05) is 44.4 Å². The van der Waals surface area contributed by atoms with E-state index >= 15 is 0 Å². The van der Waals surface area contributed by atoms with E-state index in [2.05, 4.69) is 11.9 Å². The van der Waals surface area contributed by atoms with Gasteiger partial charge in [-0.3, -0.25) is 4.79 Å². The van der Waals surface area contributed by atoms with Gasteiger partial charge in [-0.15, -0.1) is 0 Å². The summed E-state index contributed by atoms with van der Waals surface area (Å²) in [5.41, 5.74) is 7.68. The first kappa shape index (κ1) is 22.7. The molecule has 0 aromatic heterocycles. The van der Waals surface area contributed by atoms with E-state index in [1.807, 2.05) is 37.3 Å². The molecule has 1 aromatic rings. The van der Waals surface area contributed by atoms with E-state index in [9.17, 15) is 4.79 Å². The van der Waals surface area contributed by atoms with Crippen LogP contribution >= 0.6 is 11.8 Å². The molecule has 26 heavy (non-hydrogen) atoms. The summed E-state index contributed by atoms with van der Waals surface area (Å²) in [5.74, 6) is 1.82. The van der Waals surface area contributed by atoms with Crippen molar-refractivity contribution < 1.29 is 14.3 Å². The molecule has 1 atom stereocenters. The summed E-state index contributed by atoms with van der Waals surface area (Å²) in [6.07, 6.45) is 2.62. The molecule has 1 aromatic carbocycles. The molecular formula is C20H32N2O3S. The molecule has 0 aliphatic rings. The van der Waals surface area contributed by atoms with Crippen molar-refractivity contribution in [3.63, 3.8) is 0 Å². The Morgan fingerprint density at radius 3 is 2.69 bits per heavy atom. The number of benzene rings is 1. The Morgan fingerprint density at radius 1 is 1.27 bits per heavy atom. The van der Waals surface area contributed by atoms with Crippen LogP contribution in [0.1, 0.15) is 24.5 Å². The highest BCUT2D eigenvalue weighted by Crippen LogP contribution is 2.08. The van der Waals surface area contributed by atoms with Crippen molar-refractivity contribution in [1.82, 2.24) is 5.32 Å². The van der Waals surface area contributed by atoms with E-state index in [4.69, 9.17) is 15.2 Å². The monoisotopic (exact) mass is 380 g/mol. The van der Waals surface area contributed by atoms with Crippen LogP contribution in [0.3, 0.4) is 0 Å². The van der Waals surface area contributed by atoms with Crippen molar-refractivity contribution in [2.24, 2.45) is 11.7 Å². The lowest BCUT2D eigenvalue weighted by molar-refractivity contribution is -0.123. The Kier molecular flexibility index (Phi) is 12.9. The zero-order valence-electron chi connectivity index (χ0n) is 15.7. The molecule has 0 spiro atoms. The fraction of sp³-hybridized carbons (Fsp3) is 0.550. The van der Waals surface area contributed by atoms with Crippen LogP contribution < -0.4 is 11.1 Å². The summed E-state index contributed by atoms with van der Waals surface area (Å²) in [7, 11) is 0. The molecule has 1 unspecified atom stereocenters. The highest BCUT2D eigenvalue weighted by molar-refractivity contribution is 7.99. The quantitative estimate of drug-likeness (QED) is 0.458. The molecule has 6 heteroatoms. The molecule has 0 bridgehead atoms. The topological polar surface area (TPSA) is 73.6 Å². The van der Waals surface area contributed by atoms with Crippen LogP contribution in [-0.2, 0) is 20.9 Å². The van der Waals surface area contributed by atoms with Gasteiger partial charge in [0.1, 0.15) is 0 Å². The van der Waals surface area contributed by atoms with Crippen LogP contribution in [-0.4, -0.2) is 50.3 Å². The van der Waals surface area contributed by atoms with Gasteiger partial charge in [-0.1, -0.05) is 43.8 Å². The van der Waals surface area contributed by atoms with Gasteiger partial charge in [-0.25, -0.2) is 0 Å². The van der Waals surface area contributed by atoms with Gasteiger partial charge < -0.3 is 20.5 Å². The minimum absolute atomic E-state index is 0.0152. The Hall–Kier alpha value is -1.34. The van der Waals surface area contributed by atoms with E-state index in [-0.39, 0.29) is 11.8 Å². The molecule has 0 radical (unpaired) electrons. The number of amides is 1. The predicted octanol–water partition coefficient (Wildman–Crippen LogP) is 2.70. The molecule has 0 fully saturated rings. The number of nitrogens with one attached hydrogen (secondary N) is 1. The second kappa shape index (κ2) is 14.8. The second-order valence-electron chi connectivity index (χ2n) is 6.02. The van der Waals surface area contributed by atoms with E-state index in [1.165, 1.54) is 0 Å². The van der Waals surface area contributed by atoms with Gasteiger partial charge >= 0.3 is 0 Å². The zero-order valence-corrected chi connectivity index (χ0v) is 16.6. The number of hydrogen-bond acceptors (Lipinski definition) is 5. The van der Waals surface area contributed by atoms with Crippen LogP contribution in [0.2, 0.25) is 0 Å². The molecule has 1 amide bonds. The highest BCUT2D eigenvalue weighted by Gasteiger charge is 2.11. The van der Waals surface area contributed by atoms with Crippen molar-refractivity contribution in [2.45, 2.75) is 20.0 Å². The van der Waals surface area contributed by atoms with Gasteiger partial charge in [-0.05, 0) is 17.5 Å². The maximum atomic E-state index is 11.9. The molecule has 5 nitrogen and oxygen atoms in total. The summed E-state index contributed by atoms with van der Waals surface area (Å²) in [4.78, 5) is 11.9. The third-order valence-electron chi connectivity index (χ3n) is 3.70. The van der Waals surface area contributed by atoms with Gasteiger partial charge in [0.15, 0.2) is 0 Å². The van der Waals surface area contributed by atoms with Gasteiger partial charge in [0.25, 0.3) is 0 Å². The average molecular weight is 381 g/mol. The number of rotatable bonds is 15. The molecule has 0 aliphatic carbocycles. The molecule has 146 valence electrons. The Balaban J connectivity index is 1.94. The van der Waals surface area contributed by atoms with Gasteiger partial charge in [0.05, 0.1) is 19.8 Å². The van der Waals surface area contributed by atoms with Gasteiger partial charge in [-0.2, -0.15) is 11.8 Å². The Morgan fingerprint density at radius 2 is 2.00 bits per heavy atom. The fourth-order valence-electron chi connectivity index (χ4n) is 2.14. The number of carbonyl (C=O) groups excluding carboxylic acids is 1. The van der Waals surface area contributed by atoms with Crippen LogP contribution in [0.5, 0.6) is 0 Å². The van der Waals surface area contributed by atoms with E-state index < -0.39 is 0 Å². The number of carbonyl (C=O) groups is 1. The SMILES string of the molecule is C=Cc1ccc(COCCOCCCNC(=O)C(C)CSCCN)cc1. The predicted molar refractivity (Wildman–Crippen MR) is 110 cm³/mol. The van der Waals surface area contributed by atoms with Crippen molar-refractivity contribution in [3.05, 3.63) is 42.0 Å². The third-order valence-corrected chi connectivity index (χ3v) is 4.96. The van der Waals surface area contributed by atoms with Crippen molar-refractivity contribution in [1.29, 1.82) is 0 Å². The lowest BCUT2D eigenvalue weighted by Crippen LogP contribution is -2.31. The first-order valence-electron chi connectivity index (χ1n) is 9.09. The molecule has 0 aliphatic heterocycles. The summed E-state index contributed by atoms with van der Waals surface area (Å²) in [6, 6.07) is 8.12. The maximum Gasteiger partial charge on any atom is 0.223 e. The maximum absolute atomic E-state index is 11.9. The molecule has 0 heterocycles. The molecule has 0 saturated carbocycles. The number of thioether (sulfide) groups is 1. The summed E-state index contributed by atoms with van der Waals surface area (Å²) >= 11 is 1.72. The third kappa shape index (κ3) is 10.6. The summed E-state index contributed by atoms with van der Waals surface area (Å²) in [6.45, 7) is 9.29.